The van der Waals surface area contributed by atoms with E-state index in [2.05, 4.69) is 9.88 Å². The number of halogens is 4. The van der Waals surface area contributed by atoms with Crippen LogP contribution in [0.2, 0.25) is 10.0 Å². The first kappa shape index (κ1) is 28.6. The fourth-order valence-corrected chi connectivity index (χ4v) is 6.15. The number of hydrogen-bond acceptors (Lipinski definition) is 4. The minimum absolute atomic E-state index is 0. The van der Waals surface area contributed by atoms with Crippen molar-refractivity contribution in [3.63, 3.8) is 0 Å². The highest BCUT2D eigenvalue weighted by molar-refractivity contribution is 6.42. The molecule has 1 fully saturated rings. The molecule has 2 unspecified atom stereocenters. The zero-order valence-electron chi connectivity index (χ0n) is 21.4. The Balaban J connectivity index is 0.00000336. The van der Waals surface area contributed by atoms with Crippen LogP contribution in [0, 0.1) is 5.95 Å². The second kappa shape index (κ2) is 12.2. The molecule has 0 spiro atoms. The molecular weight excluding hydrogens is 548 g/mol. The van der Waals surface area contributed by atoms with E-state index in [-0.39, 0.29) is 42.3 Å². The van der Waals surface area contributed by atoms with E-state index in [1.807, 2.05) is 54.4 Å². The Morgan fingerprint density at radius 2 is 1.84 bits per heavy atom. The second-order valence-corrected chi connectivity index (χ2v) is 10.7. The summed E-state index contributed by atoms with van der Waals surface area (Å²) in [6.07, 6.45) is 4.82. The highest BCUT2D eigenvalue weighted by atomic mass is 35.5. The molecule has 1 aromatic heterocycles. The van der Waals surface area contributed by atoms with E-state index in [0.29, 0.717) is 26.9 Å². The van der Waals surface area contributed by atoms with E-state index < -0.39 is 0 Å². The van der Waals surface area contributed by atoms with Crippen molar-refractivity contribution in [3.8, 4) is 5.75 Å². The third-order valence-electron chi connectivity index (χ3n) is 7.88. The van der Waals surface area contributed by atoms with Gasteiger partial charge in [0, 0.05) is 30.4 Å². The molecular formula is C29H31Cl3FN3O2. The monoisotopic (exact) mass is 577 g/mol. The Morgan fingerprint density at radius 1 is 1.08 bits per heavy atom. The summed E-state index contributed by atoms with van der Waals surface area (Å²) in [4.78, 5) is 21.1. The van der Waals surface area contributed by atoms with E-state index in [0.717, 1.165) is 49.9 Å². The predicted molar refractivity (Wildman–Crippen MR) is 151 cm³/mol. The summed E-state index contributed by atoms with van der Waals surface area (Å²) in [5.41, 5.74) is 3.54. The van der Waals surface area contributed by atoms with Crippen LogP contribution >= 0.6 is 35.6 Å². The first-order valence-corrected chi connectivity index (χ1v) is 13.4. The molecule has 2 aromatic carbocycles. The molecule has 1 amide bonds. The Kier molecular flexibility index (Phi) is 9.19. The van der Waals surface area contributed by atoms with E-state index in [1.165, 1.54) is 6.20 Å². The maximum atomic E-state index is 14.3. The largest absolute Gasteiger partial charge is 0.497 e. The Labute approximate surface area is 239 Å². The van der Waals surface area contributed by atoms with Crippen molar-refractivity contribution < 1.29 is 13.9 Å². The number of aromatic nitrogens is 1. The minimum atomic E-state index is -0.369. The fraction of sp³-hybridized carbons (Fsp3) is 0.379. The molecule has 38 heavy (non-hydrogen) atoms. The zero-order chi connectivity index (χ0) is 26.1. The molecule has 0 radical (unpaired) electrons. The van der Waals surface area contributed by atoms with Crippen LogP contribution in [-0.2, 0) is 0 Å². The summed E-state index contributed by atoms with van der Waals surface area (Å²) in [7, 11) is 3.47. The molecule has 1 saturated heterocycles. The van der Waals surface area contributed by atoms with Crippen LogP contribution in [0.5, 0.6) is 5.75 Å². The Morgan fingerprint density at radius 3 is 2.53 bits per heavy atom. The van der Waals surface area contributed by atoms with E-state index in [4.69, 9.17) is 27.9 Å². The van der Waals surface area contributed by atoms with Gasteiger partial charge in [0.25, 0.3) is 5.91 Å². The molecule has 0 saturated carbocycles. The van der Waals surface area contributed by atoms with Crippen LogP contribution < -0.4 is 4.74 Å². The third kappa shape index (κ3) is 5.64. The van der Waals surface area contributed by atoms with Crippen molar-refractivity contribution in [2.45, 2.75) is 43.7 Å². The molecule has 2 aliphatic rings. The summed E-state index contributed by atoms with van der Waals surface area (Å²) in [5, 5.41) is 1.06. The molecule has 5 rings (SSSR count). The predicted octanol–water partition coefficient (Wildman–Crippen LogP) is 7.49. The van der Waals surface area contributed by atoms with Gasteiger partial charge in [-0.15, -0.1) is 12.4 Å². The number of carbonyl (C=O) groups excluding carboxylic acids is 1. The van der Waals surface area contributed by atoms with Crippen LogP contribution in [0.15, 0.2) is 54.7 Å². The summed E-state index contributed by atoms with van der Waals surface area (Å²) >= 11 is 12.6. The summed E-state index contributed by atoms with van der Waals surface area (Å²) in [5.74, 6) is 0.484. The molecule has 2 atom stereocenters. The number of amides is 1. The van der Waals surface area contributed by atoms with Gasteiger partial charge in [-0.25, -0.2) is 4.98 Å². The molecule has 0 N–H and O–H groups in total. The van der Waals surface area contributed by atoms with Gasteiger partial charge in [0.15, 0.2) is 0 Å². The first-order valence-electron chi connectivity index (χ1n) is 12.6. The second-order valence-electron chi connectivity index (χ2n) is 9.85. The molecule has 9 heteroatoms. The standard InChI is InChI=1S/C29H30Cl2FN3O2.ClH/c1-34-27(22-7-6-20(37-2)17-23(22)29(34)36)10-9-26(19-5-8-24(30)25(31)16-19)35-14-11-18(12-15-35)21-4-3-13-33-28(21)32;/h3-8,13,16-18,26-27H,9-12,14-15H2,1-2H3;1H. The van der Waals surface area contributed by atoms with Gasteiger partial charge in [-0.2, -0.15) is 4.39 Å². The Hall–Kier alpha value is -2.38. The maximum Gasteiger partial charge on any atom is 0.254 e. The minimum Gasteiger partial charge on any atom is -0.497 e. The SMILES string of the molecule is COc1ccc2c(c1)C(=O)N(C)C2CCC(c1ccc(Cl)c(Cl)c1)N1CCC(c2cccnc2F)CC1.Cl. The number of rotatable bonds is 7. The molecule has 2 aliphatic heterocycles. The van der Waals surface area contributed by atoms with Crippen LogP contribution in [0.3, 0.4) is 0 Å². The van der Waals surface area contributed by atoms with Crippen molar-refractivity contribution in [2.75, 3.05) is 27.2 Å². The topological polar surface area (TPSA) is 45.7 Å². The number of methoxy groups -OCH3 is 1. The molecule has 202 valence electrons. The fourth-order valence-electron chi connectivity index (χ4n) is 5.85. The molecule has 5 nitrogen and oxygen atoms in total. The lowest BCUT2D eigenvalue weighted by Gasteiger charge is -2.39. The van der Waals surface area contributed by atoms with Crippen LogP contribution in [0.4, 0.5) is 4.39 Å². The quantitative estimate of drug-likeness (QED) is 0.273. The maximum absolute atomic E-state index is 14.3. The number of piperidine rings is 1. The first-order chi connectivity index (χ1) is 17.9. The van der Waals surface area contributed by atoms with Gasteiger partial charge >= 0.3 is 0 Å². The van der Waals surface area contributed by atoms with Crippen molar-refractivity contribution in [3.05, 3.63) is 93.0 Å². The summed E-state index contributed by atoms with van der Waals surface area (Å²) < 4.78 is 19.7. The zero-order valence-corrected chi connectivity index (χ0v) is 23.7. The molecule has 3 heterocycles. The number of hydrogen-bond donors (Lipinski definition) is 0. The number of benzene rings is 2. The average molecular weight is 579 g/mol. The van der Waals surface area contributed by atoms with Gasteiger partial charge < -0.3 is 9.64 Å². The van der Waals surface area contributed by atoms with Crippen molar-refractivity contribution in [1.82, 2.24) is 14.8 Å². The highest BCUT2D eigenvalue weighted by Crippen LogP contribution is 2.41. The van der Waals surface area contributed by atoms with Gasteiger partial charge in [-0.05, 0) is 86.1 Å². The molecule has 3 aromatic rings. The molecule has 0 aliphatic carbocycles. The lowest BCUT2D eigenvalue weighted by atomic mass is 9.87. The Bertz CT molecular complexity index is 1300. The number of likely N-dealkylation sites (tertiary alicyclic amines) is 1. The smallest absolute Gasteiger partial charge is 0.254 e. The van der Waals surface area contributed by atoms with E-state index in [1.54, 1.807) is 13.2 Å². The van der Waals surface area contributed by atoms with E-state index >= 15 is 0 Å². The molecule has 0 bridgehead atoms. The van der Waals surface area contributed by atoms with Gasteiger partial charge in [0.1, 0.15) is 5.75 Å². The lowest BCUT2D eigenvalue weighted by Crippen LogP contribution is -2.37. The van der Waals surface area contributed by atoms with Crippen LogP contribution in [-0.4, -0.2) is 47.9 Å². The average Bonchev–Trinajstić information content (AvgIpc) is 3.15. The number of ether oxygens (including phenoxy) is 1. The lowest BCUT2D eigenvalue weighted by molar-refractivity contribution is 0.0751. The van der Waals surface area contributed by atoms with Crippen molar-refractivity contribution >= 4 is 41.5 Å². The normalized spacial score (nSPS) is 18.7. The van der Waals surface area contributed by atoms with Gasteiger partial charge in [-0.1, -0.05) is 41.4 Å². The number of nitrogens with zero attached hydrogens (tertiary/aromatic N) is 3. The highest BCUT2D eigenvalue weighted by Gasteiger charge is 2.36. The van der Waals surface area contributed by atoms with Crippen LogP contribution in [0.1, 0.15) is 70.7 Å². The third-order valence-corrected chi connectivity index (χ3v) is 8.62. The van der Waals surface area contributed by atoms with Gasteiger partial charge in [0.05, 0.1) is 23.2 Å². The number of fused-ring (bicyclic) bond motifs is 1. The van der Waals surface area contributed by atoms with Crippen LogP contribution in [0.25, 0.3) is 0 Å². The summed E-state index contributed by atoms with van der Waals surface area (Å²) in [6.45, 7) is 1.66. The number of carbonyl (C=O) groups is 1. The van der Waals surface area contributed by atoms with Gasteiger partial charge in [-0.3, -0.25) is 9.69 Å². The number of pyridine rings is 1. The summed E-state index contributed by atoms with van der Waals surface area (Å²) in [6, 6.07) is 15.3. The van der Waals surface area contributed by atoms with Gasteiger partial charge in [0.2, 0.25) is 5.95 Å². The van der Waals surface area contributed by atoms with E-state index in [9.17, 15) is 9.18 Å². The van der Waals surface area contributed by atoms with Crippen molar-refractivity contribution in [2.24, 2.45) is 0 Å². The van der Waals surface area contributed by atoms with Crippen molar-refractivity contribution in [1.29, 1.82) is 0 Å².